The molecule has 1 aliphatic rings. The zero-order valence-corrected chi connectivity index (χ0v) is 14.1. The molecule has 2 aromatic rings. The number of aryl methyl sites for hydroxylation is 1. The summed E-state index contributed by atoms with van der Waals surface area (Å²) in [6.07, 6.45) is 5.40. The van der Waals surface area contributed by atoms with Gasteiger partial charge in [0.15, 0.2) is 6.39 Å². The molecule has 0 unspecified atom stereocenters. The Balaban J connectivity index is 1.51. The molecule has 1 N–H and O–H groups in total. The molecule has 124 valence electrons. The molecule has 6 nitrogen and oxygen atoms in total. The van der Waals surface area contributed by atoms with Crippen LogP contribution in [0.3, 0.4) is 0 Å². The molecule has 0 aromatic carbocycles. The Morgan fingerprint density at radius 2 is 2.04 bits per heavy atom. The van der Waals surface area contributed by atoms with Crippen LogP contribution in [0.15, 0.2) is 23.2 Å². The first-order valence-electron chi connectivity index (χ1n) is 8.31. The molecule has 3 heterocycles. The predicted molar refractivity (Wildman–Crippen MR) is 89.3 cm³/mol. The summed E-state index contributed by atoms with van der Waals surface area (Å²) in [4.78, 5) is 15.3. The van der Waals surface area contributed by atoms with Gasteiger partial charge in [-0.2, -0.15) is 0 Å². The number of rotatable bonds is 5. The molecular formula is C17H25N5O. The van der Waals surface area contributed by atoms with Gasteiger partial charge in [0.25, 0.3) is 0 Å². The molecule has 6 heteroatoms. The zero-order valence-electron chi connectivity index (χ0n) is 14.1. The van der Waals surface area contributed by atoms with Crippen LogP contribution in [0.25, 0.3) is 0 Å². The minimum Gasteiger partial charge on any atom is -0.448 e. The highest BCUT2D eigenvalue weighted by molar-refractivity contribution is 5.35. The minimum atomic E-state index is 0.382. The summed E-state index contributed by atoms with van der Waals surface area (Å²) >= 11 is 0. The Morgan fingerprint density at radius 1 is 1.26 bits per heavy atom. The third-order valence-electron chi connectivity index (χ3n) is 4.31. The third kappa shape index (κ3) is 4.07. The molecule has 1 saturated heterocycles. The Kier molecular flexibility index (Phi) is 4.91. The van der Waals surface area contributed by atoms with Crippen molar-refractivity contribution in [2.24, 2.45) is 0 Å². The van der Waals surface area contributed by atoms with Crippen LogP contribution in [-0.4, -0.2) is 39.0 Å². The number of hydrogen-bond acceptors (Lipinski definition) is 6. The minimum absolute atomic E-state index is 0.382. The number of aromatic nitrogens is 3. The summed E-state index contributed by atoms with van der Waals surface area (Å²) in [6, 6.07) is 2.47. The van der Waals surface area contributed by atoms with Gasteiger partial charge in [0, 0.05) is 43.4 Å². The van der Waals surface area contributed by atoms with Gasteiger partial charge >= 0.3 is 0 Å². The van der Waals surface area contributed by atoms with Gasteiger partial charge in [0.05, 0.1) is 5.69 Å². The van der Waals surface area contributed by atoms with Gasteiger partial charge in [-0.05, 0) is 19.8 Å². The second-order valence-electron chi connectivity index (χ2n) is 6.56. The average Bonchev–Trinajstić information content (AvgIpc) is 2.98. The number of nitrogens with one attached hydrogen (secondary N) is 1. The quantitative estimate of drug-likeness (QED) is 0.915. The van der Waals surface area contributed by atoms with Crippen LogP contribution in [0.2, 0.25) is 0 Å². The normalized spacial score (nSPS) is 16.9. The van der Waals surface area contributed by atoms with Crippen molar-refractivity contribution in [3.63, 3.8) is 0 Å². The molecule has 23 heavy (non-hydrogen) atoms. The summed E-state index contributed by atoms with van der Waals surface area (Å²) in [6.45, 7) is 9.27. The molecule has 1 aliphatic heterocycles. The number of piperidine rings is 1. The van der Waals surface area contributed by atoms with Crippen molar-refractivity contribution < 1.29 is 4.42 Å². The molecule has 0 saturated carbocycles. The van der Waals surface area contributed by atoms with Gasteiger partial charge in [-0.3, -0.25) is 4.90 Å². The average molecular weight is 315 g/mol. The highest BCUT2D eigenvalue weighted by Gasteiger charge is 2.22. The molecule has 2 aromatic heterocycles. The summed E-state index contributed by atoms with van der Waals surface area (Å²) in [5.74, 6) is 2.32. The van der Waals surface area contributed by atoms with Crippen LogP contribution in [0.5, 0.6) is 0 Å². The first-order valence-corrected chi connectivity index (χ1v) is 8.31. The van der Waals surface area contributed by atoms with E-state index in [9.17, 15) is 0 Å². The van der Waals surface area contributed by atoms with Crippen molar-refractivity contribution in [1.82, 2.24) is 19.9 Å². The standard InChI is InChI=1S/C17H25N5O/c1-12(2)17-15(20-11-23-17)9-22-6-4-14(5-7-22)21-16-8-13(3)18-10-19-16/h8,10-12,14H,4-7,9H2,1-3H3,(H,18,19,21). The Labute approximate surface area is 137 Å². The number of oxazole rings is 1. The van der Waals surface area contributed by atoms with Gasteiger partial charge in [-0.15, -0.1) is 0 Å². The lowest BCUT2D eigenvalue weighted by Crippen LogP contribution is -2.39. The first kappa shape index (κ1) is 15.9. The number of nitrogens with zero attached hydrogens (tertiary/aromatic N) is 4. The van der Waals surface area contributed by atoms with Crippen molar-refractivity contribution in [1.29, 1.82) is 0 Å². The van der Waals surface area contributed by atoms with E-state index in [1.807, 2.05) is 13.0 Å². The Bertz CT molecular complexity index is 631. The lowest BCUT2D eigenvalue weighted by atomic mass is 10.0. The fraction of sp³-hybridized carbons (Fsp3) is 0.588. The summed E-state index contributed by atoms with van der Waals surface area (Å²) in [7, 11) is 0. The summed E-state index contributed by atoms with van der Waals surface area (Å²) in [5.41, 5.74) is 2.07. The largest absolute Gasteiger partial charge is 0.448 e. The third-order valence-corrected chi connectivity index (χ3v) is 4.31. The van der Waals surface area contributed by atoms with Crippen molar-refractivity contribution in [2.75, 3.05) is 18.4 Å². The van der Waals surface area contributed by atoms with Gasteiger partial charge in [-0.25, -0.2) is 15.0 Å². The second-order valence-corrected chi connectivity index (χ2v) is 6.56. The Hall–Kier alpha value is -1.95. The number of likely N-dealkylation sites (tertiary alicyclic amines) is 1. The predicted octanol–water partition coefficient (Wildman–Crippen LogP) is 2.97. The fourth-order valence-electron chi connectivity index (χ4n) is 3.06. The highest BCUT2D eigenvalue weighted by Crippen LogP contribution is 2.22. The molecule has 0 atom stereocenters. The van der Waals surface area contributed by atoms with Crippen LogP contribution in [0.1, 0.15) is 49.8 Å². The van der Waals surface area contributed by atoms with Gasteiger partial charge in [0.2, 0.25) is 0 Å². The fourth-order valence-corrected chi connectivity index (χ4v) is 3.06. The van der Waals surface area contributed by atoms with E-state index in [0.717, 1.165) is 55.4 Å². The lowest BCUT2D eigenvalue weighted by Gasteiger charge is -2.32. The van der Waals surface area contributed by atoms with E-state index in [4.69, 9.17) is 4.42 Å². The molecule has 0 aliphatic carbocycles. The topological polar surface area (TPSA) is 67.1 Å². The molecule has 3 rings (SSSR count). The van der Waals surface area contributed by atoms with E-state index < -0.39 is 0 Å². The Morgan fingerprint density at radius 3 is 2.74 bits per heavy atom. The van der Waals surface area contributed by atoms with Gasteiger partial charge in [-0.1, -0.05) is 13.8 Å². The smallest absolute Gasteiger partial charge is 0.181 e. The number of anilines is 1. The van der Waals surface area contributed by atoms with Crippen molar-refractivity contribution >= 4 is 5.82 Å². The molecule has 0 amide bonds. The first-order chi connectivity index (χ1) is 11.1. The molecule has 0 bridgehead atoms. The zero-order chi connectivity index (χ0) is 16.2. The van der Waals surface area contributed by atoms with E-state index in [-0.39, 0.29) is 0 Å². The van der Waals surface area contributed by atoms with E-state index >= 15 is 0 Å². The molecule has 0 radical (unpaired) electrons. The van der Waals surface area contributed by atoms with Crippen molar-refractivity contribution in [3.05, 3.63) is 35.9 Å². The molecular weight excluding hydrogens is 290 g/mol. The van der Waals surface area contributed by atoms with Crippen LogP contribution in [0, 0.1) is 6.92 Å². The van der Waals surface area contributed by atoms with Crippen LogP contribution in [0.4, 0.5) is 5.82 Å². The van der Waals surface area contributed by atoms with E-state index in [1.165, 1.54) is 0 Å². The van der Waals surface area contributed by atoms with Crippen LogP contribution in [-0.2, 0) is 6.54 Å². The monoisotopic (exact) mass is 315 g/mol. The molecule has 0 spiro atoms. The summed E-state index contributed by atoms with van der Waals surface area (Å²) in [5, 5.41) is 3.52. The van der Waals surface area contributed by atoms with Gasteiger partial charge < -0.3 is 9.73 Å². The van der Waals surface area contributed by atoms with Crippen molar-refractivity contribution in [2.45, 2.75) is 52.1 Å². The maximum Gasteiger partial charge on any atom is 0.181 e. The SMILES string of the molecule is Cc1cc(NC2CCN(Cc3ncoc3C(C)C)CC2)ncn1. The van der Waals surface area contributed by atoms with Crippen molar-refractivity contribution in [3.8, 4) is 0 Å². The molecule has 1 fully saturated rings. The van der Waals surface area contributed by atoms with E-state index in [0.29, 0.717) is 12.0 Å². The van der Waals surface area contributed by atoms with Gasteiger partial charge in [0.1, 0.15) is 17.9 Å². The van der Waals surface area contributed by atoms with E-state index in [1.54, 1.807) is 12.7 Å². The second kappa shape index (κ2) is 7.08. The lowest BCUT2D eigenvalue weighted by molar-refractivity contribution is 0.207. The maximum atomic E-state index is 5.51. The number of hydrogen-bond donors (Lipinski definition) is 1. The highest BCUT2D eigenvalue weighted by atomic mass is 16.3. The maximum absolute atomic E-state index is 5.51. The van der Waals surface area contributed by atoms with Crippen LogP contribution >= 0.6 is 0 Å². The van der Waals surface area contributed by atoms with Crippen LogP contribution < -0.4 is 5.32 Å². The van der Waals surface area contributed by atoms with E-state index in [2.05, 4.69) is 39.0 Å². The summed E-state index contributed by atoms with van der Waals surface area (Å²) < 4.78 is 5.51.